The van der Waals surface area contributed by atoms with Crippen LogP contribution in [0.5, 0.6) is 0 Å². The van der Waals surface area contributed by atoms with Crippen LogP contribution in [0.25, 0.3) is 0 Å². The molecular formula is C13H26N2. The summed E-state index contributed by atoms with van der Waals surface area (Å²) in [5.41, 5.74) is 12.0. The molecule has 0 heterocycles. The molecule has 2 heteroatoms. The zero-order valence-electron chi connectivity index (χ0n) is 9.99. The number of hydrogen-bond donors (Lipinski definition) is 2. The summed E-state index contributed by atoms with van der Waals surface area (Å²) < 4.78 is 0. The van der Waals surface area contributed by atoms with E-state index in [4.69, 9.17) is 11.5 Å². The van der Waals surface area contributed by atoms with Crippen LogP contribution in [0.1, 0.15) is 51.9 Å². The summed E-state index contributed by atoms with van der Waals surface area (Å²) in [7, 11) is 0. The van der Waals surface area contributed by atoms with E-state index in [0.717, 1.165) is 17.8 Å². The van der Waals surface area contributed by atoms with Crippen LogP contribution >= 0.6 is 0 Å². The van der Waals surface area contributed by atoms with Gasteiger partial charge in [0.2, 0.25) is 0 Å². The minimum atomic E-state index is 0.465. The number of rotatable bonds is 1. The largest absolute Gasteiger partial charge is 0.328 e. The molecule has 88 valence electrons. The summed E-state index contributed by atoms with van der Waals surface area (Å²) in [4.78, 5) is 0. The van der Waals surface area contributed by atoms with Gasteiger partial charge in [0, 0.05) is 12.1 Å². The van der Waals surface area contributed by atoms with Crippen molar-refractivity contribution < 1.29 is 0 Å². The molecule has 0 aliphatic heterocycles. The lowest BCUT2D eigenvalue weighted by molar-refractivity contribution is 0.146. The molecule has 2 nitrogen and oxygen atoms in total. The topological polar surface area (TPSA) is 52.0 Å². The van der Waals surface area contributed by atoms with E-state index < -0.39 is 0 Å². The Hall–Kier alpha value is -0.0800. The first kappa shape index (κ1) is 11.4. The molecule has 0 radical (unpaired) electrons. The first-order valence-electron chi connectivity index (χ1n) is 6.68. The quantitative estimate of drug-likeness (QED) is 0.697. The van der Waals surface area contributed by atoms with E-state index in [-0.39, 0.29) is 0 Å². The van der Waals surface area contributed by atoms with Crippen LogP contribution in [0.4, 0.5) is 0 Å². The number of nitrogens with two attached hydrogens (primary N) is 2. The van der Waals surface area contributed by atoms with Crippen molar-refractivity contribution in [1.29, 1.82) is 0 Å². The Labute approximate surface area is 93.8 Å². The molecule has 3 atom stereocenters. The summed E-state index contributed by atoms with van der Waals surface area (Å²) >= 11 is 0. The number of hydrogen-bond acceptors (Lipinski definition) is 2. The molecule has 2 fully saturated rings. The first-order valence-corrected chi connectivity index (χ1v) is 6.68. The summed E-state index contributed by atoms with van der Waals surface area (Å²) in [5, 5.41) is 0. The molecular weight excluding hydrogens is 184 g/mol. The van der Waals surface area contributed by atoms with Crippen LogP contribution in [-0.4, -0.2) is 12.1 Å². The predicted molar refractivity (Wildman–Crippen MR) is 64.4 cm³/mol. The SMILES string of the molecule is CC1CC(C2CCC(N)CC2)CCC1N. The molecule has 2 aliphatic carbocycles. The average Bonchev–Trinajstić information content (AvgIpc) is 2.23. The lowest BCUT2D eigenvalue weighted by Crippen LogP contribution is -2.38. The van der Waals surface area contributed by atoms with Gasteiger partial charge in [0.1, 0.15) is 0 Å². The Balaban J connectivity index is 1.84. The van der Waals surface area contributed by atoms with E-state index >= 15 is 0 Å². The minimum Gasteiger partial charge on any atom is -0.328 e. The third-order valence-electron chi connectivity index (χ3n) is 4.76. The molecule has 0 saturated heterocycles. The molecule has 2 aliphatic rings. The second kappa shape index (κ2) is 4.84. The van der Waals surface area contributed by atoms with Crippen LogP contribution in [-0.2, 0) is 0 Å². The highest BCUT2D eigenvalue weighted by atomic mass is 14.7. The van der Waals surface area contributed by atoms with Gasteiger partial charge in [-0.15, -0.1) is 0 Å². The van der Waals surface area contributed by atoms with E-state index in [2.05, 4.69) is 6.92 Å². The maximum atomic E-state index is 6.07. The Morgan fingerprint density at radius 2 is 1.40 bits per heavy atom. The maximum Gasteiger partial charge on any atom is 0.00647 e. The van der Waals surface area contributed by atoms with Crippen molar-refractivity contribution >= 4 is 0 Å². The molecule has 3 unspecified atom stereocenters. The molecule has 0 amide bonds. The normalized spacial score (nSPS) is 47.8. The summed E-state index contributed by atoms with van der Waals surface area (Å²) in [6, 6.07) is 0.955. The van der Waals surface area contributed by atoms with Gasteiger partial charge in [0.05, 0.1) is 0 Å². The van der Waals surface area contributed by atoms with Crippen molar-refractivity contribution in [3.05, 3.63) is 0 Å². The van der Waals surface area contributed by atoms with Crippen LogP contribution in [0.15, 0.2) is 0 Å². The zero-order valence-corrected chi connectivity index (χ0v) is 9.99. The maximum absolute atomic E-state index is 6.07. The van der Waals surface area contributed by atoms with Crippen molar-refractivity contribution in [3.63, 3.8) is 0 Å². The monoisotopic (exact) mass is 210 g/mol. The molecule has 2 rings (SSSR count). The standard InChI is InChI=1S/C13H26N2/c1-9-8-11(4-7-13(9)15)10-2-5-12(14)6-3-10/h9-13H,2-8,14-15H2,1H3. The van der Waals surface area contributed by atoms with Crippen molar-refractivity contribution in [2.45, 2.75) is 64.0 Å². The fourth-order valence-corrected chi connectivity index (χ4v) is 3.51. The fraction of sp³-hybridized carbons (Fsp3) is 1.00. The van der Waals surface area contributed by atoms with E-state index in [9.17, 15) is 0 Å². The molecule has 0 aromatic heterocycles. The molecule has 0 aromatic carbocycles. The second-order valence-electron chi connectivity index (χ2n) is 5.89. The average molecular weight is 210 g/mol. The Morgan fingerprint density at radius 3 is 2.00 bits per heavy atom. The highest BCUT2D eigenvalue weighted by Crippen LogP contribution is 2.39. The zero-order chi connectivity index (χ0) is 10.8. The Kier molecular flexibility index (Phi) is 3.68. The van der Waals surface area contributed by atoms with Gasteiger partial charge in [0.15, 0.2) is 0 Å². The third kappa shape index (κ3) is 2.73. The smallest absolute Gasteiger partial charge is 0.00647 e. The molecule has 0 aromatic rings. The van der Waals surface area contributed by atoms with Crippen molar-refractivity contribution in [3.8, 4) is 0 Å². The molecule has 15 heavy (non-hydrogen) atoms. The van der Waals surface area contributed by atoms with Crippen molar-refractivity contribution in [2.75, 3.05) is 0 Å². The van der Waals surface area contributed by atoms with Crippen LogP contribution in [0, 0.1) is 17.8 Å². The van der Waals surface area contributed by atoms with E-state index in [1.54, 1.807) is 0 Å². The van der Waals surface area contributed by atoms with Crippen LogP contribution in [0.2, 0.25) is 0 Å². The predicted octanol–water partition coefficient (Wildman–Crippen LogP) is 2.27. The summed E-state index contributed by atoms with van der Waals surface area (Å²) in [6.07, 6.45) is 9.21. The third-order valence-corrected chi connectivity index (χ3v) is 4.76. The second-order valence-corrected chi connectivity index (χ2v) is 5.89. The highest BCUT2D eigenvalue weighted by molar-refractivity contribution is 4.86. The first-order chi connectivity index (χ1) is 7.16. The molecule has 0 bridgehead atoms. The minimum absolute atomic E-state index is 0.465. The van der Waals surface area contributed by atoms with E-state index in [1.165, 1.54) is 44.9 Å². The van der Waals surface area contributed by atoms with Crippen molar-refractivity contribution in [1.82, 2.24) is 0 Å². The van der Waals surface area contributed by atoms with Gasteiger partial charge in [0.25, 0.3) is 0 Å². The van der Waals surface area contributed by atoms with Gasteiger partial charge in [-0.2, -0.15) is 0 Å². The Bertz CT molecular complexity index is 197. The summed E-state index contributed by atoms with van der Waals surface area (Å²) in [5.74, 6) is 2.64. The van der Waals surface area contributed by atoms with Gasteiger partial charge in [-0.05, 0) is 62.7 Å². The lowest BCUT2D eigenvalue weighted by atomic mass is 9.69. The lowest BCUT2D eigenvalue weighted by Gasteiger charge is -2.39. The van der Waals surface area contributed by atoms with Crippen LogP contribution < -0.4 is 11.5 Å². The summed E-state index contributed by atoms with van der Waals surface area (Å²) in [6.45, 7) is 2.32. The van der Waals surface area contributed by atoms with E-state index in [1.807, 2.05) is 0 Å². The van der Waals surface area contributed by atoms with Gasteiger partial charge in [-0.1, -0.05) is 6.92 Å². The van der Waals surface area contributed by atoms with Gasteiger partial charge < -0.3 is 11.5 Å². The van der Waals surface area contributed by atoms with Crippen LogP contribution in [0.3, 0.4) is 0 Å². The molecule has 4 N–H and O–H groups in total. The highest BCUT2D eigenvalue weighted by Gasteiger charge is 2.32. The molecule has 2 saturated carbocycles. The van der Waals surface area contributed by atoms with Gasteiger partial charge in [-0.3, -0.25) is 0 Å². The van der Waals surface area contributed by atoms with Gasteiger partial charge in [-0.25, -0.2) is 0 Å². The van der Waals surface area contributed by atoms with E-state index in [0.29, 0.717) is 12.1 Å². The Morgan fingerprint density at radius 1 is 0.800 bits per heavy atom. The van der Waals surface area contributed by atoms with Crippen molar-refractivity contribution in [2.24, 2.45) is 29.2 Å². The molecule has 0 spiro atoms. The fourth-order valence-electron chi connectivity index (χ4n) is 3.51. The van der Waals surface area contributed by atoms with Gasteiger partial charge >= 0.3 is 0 Å².